The van der Waals surface area contributed by atoms with Crippen molar-refractivity contribution in [2.75, 3.05) is 19.6 Å². The van der Waals surface area contributed by atoms with Crippen LogP contribution < -0.4 is 5.32 Å². The molecule has 0 bridgehead atoms. The minimum Gasteiger partial charge on any atom is -0.352 e. The normalized spacial score (nSPS) is 23.4. The average Bonchev–Trinajstić information content (AvgIpc) is 3.19. The van der Waals surface area contributed by atoms with Crippen LogP contribution in [0, 0.1) is 5.92 Å². The number of piperidine rings is 2. The maximum Gasteiger partial charge on any atom is 0.251 e. The van der Waals surface area contributed by atoms with Gasteiger partial charge in [-0.2, -0.15) is 0 Å². The third kappa shape index (κ3) is 3.93. The van der Waals surface area contributed by atoms with Crippen molar-refractivity contribution in [2.45, 2.75) is 44.7 Å². The first-order valence-corrected chi connectivity index (χ1v) is 9.61. The van der Waals surface area contributed by atoms with Gasteiger partial charge in [0.25, 0.3) is 5.91 Å². The Morgan fingerprint density at radius 1 is 1.12 bits per heavy atom. The van der Waals surface area contributed by atoms with Crippen LogP contribution in [0.15, 0.2) is 30.6 Å². The monoisotopic (exact) mass is 354 g/mol. The Labute approximate surface area is 153 Å². The molecule has 2 aliphatic heterocycles. The summed E-state index contributed by atoms with van der Waals surface area (Å²) in [7, 11) is 0. The van der Waals surface area contributed by atoms with Gasteiger partial charge >= 0.3 is 0 Å². The molecule has 2 saturated heterocycles. The largest absolute Gasteiger partial charge is 0.352 e. The van der Waals surface area contributed by atoms with Crippen LogP contribution in [0.2, 0.25) is 0 Å². The number of nitrogens with one attached hydrogen (secondary N) is 1. The standard InChI is InChI=1S/C19H26N6O/c26-19(16-8-6-15(7-9-16)13-25-14-21-22-23-25)20-12-17-4-3-11-24-10-2-1-5-18(17)24/h6-9,14,17-18H,1-5,10-13H2,(H,20,26)/t17-,18-/m1/s1. The zero-order chi connectivity index (χ0) is 17.8. The van der Waals surface area contributed by atoms with Crippen LogP contribution in [0.4, 0.5) is 0 Å². The summed E-state index contributed by atoms with van der Waals surface area (Å²) < 4.78 is 1.66. The van der Waals surface area contributed by atoms with Gasteiger partial charge in [-0.05, 0) is 72.8 Å². The number of benzene rings is 1. The Bertz CT molecular complexity index is 712. The van der Waals surface area contributed by atoms with E-state index in [4.69, 9.17) is 0 Å². The first-order valence-electron chi connectivity index (χ1n) is 9.61. The molecule has 1 aromatic heterocycles. The summed E-state index contributed by atoms with van der Waals surface area (Å²) in [5.74, 6) is 0.610. The number of hydrogen-bond acceptors (Lipinski definition) is 5. The summed E-state index contributed by atoms with van der Waals surface area (Å²) in [5, 5.41) is 14.3. The molecule has 138 valence electrons. The molecule has 2 atom stereocenters. The maximum atomic E-state index is 12.5. The molecule has 1 N–H and O–H groups in total. The number of hydrogen-bond donors (Lipinski definition) is 1. The van der Waals surface area contributed by atoms with Crippen molar-refractivity contribution in [1.82, 2.24) is 30.4 Å². The van der Waals surface area contributed by atoms with E-state index >= 15 is 0 Å². The smallest absolute Gasteiger partial charge is 0.251 e. The second kappa shape index (κ2) is 7.95. The topological polar surface area (TPSA) is 75.9 Å². The quantitative estimate of drug-likeness (QED) is 0.885. The number of nitrogens with zero attached hydrogens (tertiary/aromatic N) is 5. The molecule has 2 fully saturated rings. The van der Waals surface area contributed by atoms with Crippen LogP contribution >= 0.6 is 0 Å². The molecule has 3 heterocycles. The van der Waals surface area contributed by atoms with Gasteiger partial charge in [0.05, 0.1) is 6.54 Å². The molecule has 2 aliphatic rings. The molecular formula is C19H26N6O. The number of fused-ring (bicyclic) bond motifs is 1. The fourth-order valence-electron chi connectivity index (χ4n) is 4.34. The summed E-state index contributed by atoms with van der Waals surface area (Å²) in [6.45, 7) is 3.86. The number of carbonyl (C=O) groups is 1. The van der Waals surface area contributed by atoms with Crippen molar-refractivity contribution in [1.29, 1.82) is 0 Å². The van der Waals surface area contributed by atoms with Gasteiger partial charge < -0.3 is 10.2 Å². The zero-order valence-corrected chi connectivity index (χ0v) is 15.0. The van der Waals surface area contributed by atoms with Gasteiger partial charge in [-0.25, -0.2) is 4.68 Å². The molecule has 0 saturated carbocycles. The van der Waals surface area contributed by atoms with E-state index in [9.17, 15) is 4.79 Å². The van der Waals surface area contributed by atoms with E-state index in [2.05, 4.69) is 25.7 Å². The highest BCUT2D eigenvalue weighted by Gasteiger charge is 2.32. The summed E-state index contributed by atoms with van der Waals surface area (Å²) in [6.07, 6.45) is 8.00. The predicted molar refractivity (Wildman–Crippen MR) is 97.6 cm³/mol. The number of carbonyl (C=O) groups excluding carboxylic acids is 1. The summed E-state index contributed by atoms with van der Waals surface area (Å²) in [4.78, 5) is 15.1. The lowest BCUT2D eigenvalue weighted by Crippen LogP contribution is -2.51. The minimum absolute atomic E-state index is 0.0203. The van der Waals surface area contributed by atoms with E-state index < -0.39 is 0 Å². The van der Waals surface area contributed by atoms with Gasteiger partial charge in [0.1, 0.15) is 6.33 Å². The molecule has 4 rings (SSSR count). The molecule has 1 aromatic carbocycles. The Hall–Kier alpha value is -2.28. The predicted octanol–water partition coefficient (Wildman–Crippen LogP) is 1.72. The minimum atomic E-state index is 0.0203. The van der Waals surface area contributed by atoms with Gasteiger partial charge in [0, 0.05) is 18.2 Å². The molecular weight excluding hydrogens is 328 g/mol. The SMILES string of the molecule is O=C(NC[C@H]1CCCN2CCCC[C@H]12)c1ccc(Cn2cnnn2)cc1. The highest BCUT2D eigenvalue weighted by Crippen LogP contribution is 2.30. The summed E-state index contributed by atoms with van der Waals surface area (Å²) in [5.41, 5.74) is 1.78. The highest BCUT2D eigenvalue weighted by molar-refractivity contribution is 5.94. The number of amides is 1. The molecule has 26 heavy (non-hydrogen) atoms. The van der Waals surface area contributed by atoms with Crippen molar-refractivity contribution < 1.29 is 4.79 Å². The van der Waals surface area contributed by atoms with E-state index in [-0.39, 0.29) is 5.91 Å². The van der Waals surface area contributed by atoms with Gasteiger partial charge in [0.15, 0.2) is 0 Å². The second-order valence-corrected chi connectivity index (χ2v) is 7.42. The fourth-order valence-corrected chi connectivity index (χ4v) is 4.34. The third-order valence-corrected chi connectivity index (χ3v) is 5.71. The average molecular weight is 354 g/mol. The van der Waals surface area contributed by atoms with Gasteiger partial charge in [-0.1, -0.05) is 18.6 Å². The third-order valence-electron chi connectivity index (χ3n) is 5.71. The molecule has 7 heteroatoms. The first kappa shape index (κ1) is 17.1. The number of rotatable bonds is 5. The number of tetrazole rings is 1. The fraction of sp³-hybridized carbons (Fsp3) is 0.579. The lowest BCUT2D eigenvalue weighted by atomic mass is 9.83. The van der Waals surface area contributed by atoms with Crippen molar-refractivity contribution in [2.24, 2.45) is 5.92 Å². The molecule has 0 unspecified atom stereocenters. The molecule has 0 aliphatic carbocycles. The Morgan fingerprint density at radius 2 is 1.96 bits per heavy atom. The Balaban J connectivity index is 1.31. The van der Waals surface area contributed by atoms with E-state index in [0.717, 1.165) is 12.1 Å². The van der Waals surface area contributed by atoms with Gasteiger partial charge in [0.2, 0.25) is 0 Å². The van der Waals surface area contributed by atoms with Crippen LogP contribution in [-0.4, -0.2) is 56.7 Å². The number of aromatic nitrogens is 4. The maximum absolute atomic E-state index is 12.5. The van der Waals surface area contributed by atoms with Crippen molar-refractivity contribution in [3.05, 3.63) is 41.7 Å². The van der Waals surface area contributed by atoms with E-state index in [0.29, 0.717) is 24.1 Å². The van der Waals surface area contributed by atoms with Crippen LogP contribution in [0.25, 0.3) is 0 Å². The molecule has 2 aromatic rings. The first-order chi connectivity index (χ1) is 12.8. The summed E-state index contributed by atoms with van der Waals surface area (Å²) in [6, 6.07) is 8.34. The summed E-state index contributed by atoms with van der Waals surface area (Å²) >= 11 is 0. The zero-order valence-electron chi connectivity index (χ0n) is 15.0. The van der Waals surface area contributed by atoms with Crippen LogP contribution in [0.3, 0.4) is 0 Å². The molecule has 0 spiro atoms. The molecule has 0 radical (unpaired) electrons. The van der Waals surface area contributed by atoms with Gasteiger partial charge in [-0.3, -0.25) is 4.79 Å². The Kier molecular flexibility index (Phi) is 5.24. The van der Waals surface area contributed by atoms with Crippen LogP contribution in [-0.2, 0) is 6.54 Å². The van der Waals surface area contributed by atoms with Crippen LogP contribution in [0.5, 0.6) is 0 Å². The molecule has 1 amide bonds. The second-order valence-electron chi connectivity index (χ2n) is 7.42. The highest BCUT2D eigenvalue weighted by atomic mass is 16.1. The van der Waals surface area contributed by atoms with E-state index in [1.165, 1.54) is 45.2 Å². The lowest BCUT2D eigenvalue weighted by Gasteiger charge is -2.44. The van der Waals surface area contributed by atoms with Crippen LogP contribution in [0.1, 0.15) is 48.0 Å². The Morgan fingerprint density at radius 3 is 2.77 bits per heavy atom. The molecule has 7 nitrogen and oxygen atoms in total. The van der Waals surface area contributed by atoms with Crippen molar-refractivity contribution in [3.63, 3.8) is 0 Å². The van der Waals surface area contributed by atoms with E-state index in [1.54, 1.807) is 11.0 Å². The van der Waals surface area contributed by atoms with Crippen molar-refractivity contribution in [3.8, 4) is 0 Å². The van der Waals surface area contributed by atoms with Gasteiger partial charge in [-0.15, -0.1) is 5.10 Å². The van der Waals surface area contributed by atoms with E-state index in [1.807, 2.05) is 24.3 Å². The lowest BCUT2D eigenvalue weighted by molar-refractivity contribution is 0.0575. The van der Waals surface area contributed by atoms with Crippen molar-refractivity contribution >= 4 is 5.91 Å².